The van der Waals surface area contributed by atoms with E-state index < -0.39 is 0 Å². The van der Waals surface area contributed by atoms with Crippen LogP contribution in [0, 0.1) is 0 Å². The Morgan fingerprint density at radius 2 is 1.95 bits per heavy atom. The summed E-state index contributed by atoms with van der Waals surface area (Å²) in [4.78, 5) is 0. The Morgan fingerprint density at radius 1 is 1.16 bits per heavy atom. The highest BCUT2D eigenvalue weighted by Crippen LogP contribution is 2.23. The van der Waals surface area contributed by atoms with Crippen molar-refractivity contribution >= 4 is 15.9 Å². The first-order chi connectivity index (χ1) is 9.06. The molecule has 100 valence electrons. The topological polar surface area (TPSA) is 52.5 Å². The Hall–Kier alpha value is -1.52. The largest absolute Gasteiger partial charge is 0.508 e. The lowest BCUT2D eigenvalue weighted by atomic mass is 10.1. The molecule has 0 heterocycles. The zero-order valence-electron chi connectivity index (χ0n) is 10.6. The van der Waals surface area contributed by atoms with E-state index in [0.29, 0.717) is 6.54 Å². The first-order valence-electron chi connectivity index (χ1n) is 6.06. The molecular weight excluding hydrogens is 306 g/mol. The standard InChI is InChI=1S/C15H16BrNO2/c1-10(11-3-2-4-13(16)7-11)17-9-12-5-6-14(18)8-15(12)19/h2-8,10,17-19H,9H2,1H3/t10-/m1/s1. The number of phenolic OH excluding ortho intramolecular Hbond substituents is 2. The molecule has 0 aliphatic heterocycles. The van der Waals surface area contributed by atoms with Crippen molar-refractivity contribution in [2.24, 2.45) is 0 Å². The van der Waals surface area contributed by atoms with Crippen molar-refractivity contribution in [3.63, 3.8) is 0 Å². The summed E-state index contributed by atoms with van der Waals surface area (Å²) in [7, 11) is 0. The van der Waals surface area contributed by atoms with Gasteiger partial charge < -0.3 is 15.5 Å². The highest BCUT2D eigenvalue weighted by molar-refractivity contribution is 9.10. The maximum Gasteiger partial charge on any atom is 0.123 e. The Kier molecular flexibility index (Phi) is 4.45. The predicted octanol–water partition coefficient (Wildman–Crippen LogP) is 3.71. The quantitative estimate of drug-likeness (QED) is 0.804. The molecule has 0 radical (unpaired) electrons. The minimum Gasteiger partial charge on any atom is -0.508 e. The summed E-state index contributed by atoms with van der Waals surface area (Å²) < 4.78 is 1.05. The summed E-state index contributed by atoms with van der Waals surface area (Å²) in [6.45, 7) is 2.61. The molecule has 0 saturated carbocycles. The van der Waals surface area contributed by atoms with Gasteiger partial charge in [0.1, 0.15) is 11.5 Å². The number of phenols is 2. The van der Waals surface area contributed by atoms with Gasteiger partial charge in [-0.25, -0.2) is 0 Å². The molecule has 0 amide bonds. The third kappa shape index (κ3) is 3.72. The van der Waals surface area contributed by atoms with Crippen LogP contribution in [0.1, 0.15) is 24.1 Å². The summed E-state index contributed by atoms with van der Waals surface area (Å²) in [5, 5.41) is 22.3. The van der Waals surface area contributed by atoms with Crippen LogP contribution in [-0.2, 0) is 6.54 Å². The number of hydrogen-bond acceptors (Lipinski definition) is 3. The van der Waals surface area contributed by atoms with E-state index >= 15 is 0 Å². The van der Waals surface area contributed by atoms with Crippen molar-refractivity contribution in [2.45, 2.75) is 19.5 Å². The molecule has 2 rings (SSSR count). The zero-order chi connectivity index (χ0) is 13.8. The highest BCUT2D eigenvalue weighted by Gasteiger charge is 2.07. The Balaban J connectivity index is 2.02. The van der Waals surface area contributed by atoms with Gasteiger partial charge in [-0.3, -0.25) is 0 Å². The van der Waals surface area contributed by atoms with Crippen LogP contribution in [0.4, 0.5) is 0 Å². The molecule has 0 aliphatic carbocycles. The van der Waals surface area contributed by atoms with Crippen LogP contribution in [0.2, 0.25) is 0 Å². The molecule has 19 heavy (non-hydrogen) atoms. The Labute approximate surface area is 121 Å². The first kappa shape index (κ1) is 13.9. The second-order valence-electron chi connectivity index (χ2n) is 4.47. The van der Waals surface area contributed by atoms with Crippen molar-refractivity contribution < 1.29 is 10.2 Å². The van der Waals surface area contributed by atoms with Crippen LogP contribution in [-0.4, -0.2) is 10.2 Å². The van der Waals surface area contributed by atoms with Crippen LogP contribution in [0.5, 0.6) is 11.5 Å². The van der Waals surface area contributed by atoms with Crippen LogP contribution < -0.4 is 5.32 Å². The Bertz CT molecular complexity index is 572. The summed E-state index contributed by atoms with van der Waals surface area (Å²) in [6.07, 6.45) is 0. The number of rotatable bonds is 4. The molecule has 2 aromatic carbocycles. The molecule has 0 spiro atoms. The lowest BCUT2D eigenvalue weighted by Gasteiger charge is -2.15. The average molecular weight is 322 g/mol. The van der Waals surface area contributed by atoms with Gasteiger partial charge in [-0.15, -0.1) is 0 Å². The van der Waals surface area contributed by atoms with Crippen molar-refractivity contribution in [1.29, 1.82) is 0 Å². The van der Waals surface area contributed by atoms with E-state index in [0.717, 1.165) is 10.0 Å². The van der Waals surface area contributed by atoms with Crippen LogP contribution in [0.15, 0.2) is 46.9 Å². The smallest absolute Gasteiger partial charge is 0.123 e. The van der Waals surface area contributed by atoms with E-state index in [9.17, 15) is 10.2 Å². The van der Waals surface area contributed by atoms with Gasteiger partial charge >= 0.3 is 0 Å². The molecule has 0 saturated heterocycles. The fourth-order valence-electron chi connectivity index (χ4n) is 1.86. The molecule has 0 aliphatic rings. The molecule has 2 aromatic rings. The predicted molar refractivity (Wildman–Crippen MR) is 79.2 cm³/mol. The van der Waals surface area contributed by atoms with E-state index in [4.69, 9.17) is 0 Å². The van der Waals surface area contributed by atoms with E-state index in [-0.39, 0.29) is 17.5 Å². The van der Waals surface area contributed by atoms with Gasteiger partial charge in [0.15, 0.2) is 0 Å². The fourth-order valence-corrected chi connectivity index (χ4v) is 2.28. The van der Waals surface area contributed by atoms with E-state index in [1.165, 1.54) is 11.6 Å². The molecule has 1 atom stereocenters. The number of aromatic hydroxyl groups is 2. The number of hydrogen-bond donors (Lipinski definition) is 3. The molecule has 4 heteroatoms. The fraction of sp³-hybridized carbons (Fsp3) is 0.200. The van der Waals surface area contributed by atoms with E-state index in [2.05, 4.69) is 40.3 Å². The second-order valence-corrected chi connectivity index (χ2v) is 5.39. The maximum atomic E-state index is 9.71. The maximum absolute atomic E-state index is 9.71. The summed E-state index contributed by atoms with van der Waals surface area (Å²) in [5.74, 6) is 0.176. The van der Waals surface area contributed by atoms with E-state index in [1.807, 2.05) is 12.1 Å². The molecule has 0 aromatic heterocycles. The van der Waals surface area contributed by atoms with Crippen molar-refractivity contribution in [3.05, 3.63) is 58.1 Å². The third-order valence-corrected chi connectivity index (χ3v) is 3.51. The Morgan fingerprint density at radius 3 is 2.63 bits per heavy atom. The van der Waals surface area contributed by atoms with Gasteiger partial charge in [-0.2, -0.15) is 0 Å². The van der Waals surface area contributed by atoms with Crippen LogP contribution in [0.25, 0.3) is 0 Å². The second kappa shape index (κ2) is 6.08. The normalized spacial score (nSPS) is 12.3. The van der Waals surface area contributed by atoms with Gasteiger partial charge in [-0.1, -0.05) is 34.1 Å². The summed E-state index contributed by atoms with van der Waals surface area (Å²) >= 11 is 3.45. The monoisotopic (exact) mass is 321 g/mol. The number of nitrogens with one attached hydrogen (secondary N) is 1. The lowest BCUT2D eigenvalue weighted by molar-refractivity contribution is 0.441. The molecule has 3 N–H and O–H groups in total. The van der Waals surface area contributed by atoms with Crippen LogP contribution >= 0.6 is 15.9 Å². The number of benzene rings is 2. The molecule has 0 fully saturated rings. The SMILES string of the molecule is C[C@@H](NCc1ccc(O)cc1O)c1cccc(Br)c1. The van der Waals surface area contributed by atoms with Crippen LogP contribution in [0.3, 0.4) is 0 Å². The van der Waals surface area contributed by atoms with Crippen molar-refractivity contribution in [3.8, 4) is 11.5 Å². The van der Waals surface area contributed by atoms with Gasteiger partial charge in [0.05, 0.1) is 0 Å². The summed E-state index contributed by atoms with van der Waals surface area (Å²) in [5.41, 5.74) is 1.94. The molecule has 0 unspecified atom stereocenters. The van der Waals surface area contributed by atoms with Gasteiger partial charge in [0.2, 0.25) is 0 Å². The molecule has 0 bridgehead atoms. The van der Waals surface area contributed by atoms with Crippen molar-refractivity contribution in [2.75, 3.05) is 0 Å². The minimum absolute atomic E-state index is 0.0706. The minimum atomic E-state index is 0.0706. The third-order valence-electron chi connectivity index (χ3n) is 3.02. The average Bonchev–Trinajstić information content (AvgIpc) is 2.37. The van der Waals surface area contributed by atoms with Crippen molar-refractivity contribution in [1.82, 2.24) is 5.32 Å². The highest BCUT2D eigenvalue weighted by atomic mass is 79.9. The van der Waals surface area contributed by atoms with Gasteiger partial charge in [0, 0.05) is 28.7 Å². The molecule has 3 nitrogen and oxygen atoms in total. The summed E-state index contributed by atoms with van der Waals surface area (Å²) in [6, 6.07) is 12.9. The van der Waals surface area contributed by atoms with E-state index in [1.54, 1.807) is 12.1 Å². The first-order valence-corrected chi connectivity index (χ1v) is 6.85. The molecular formula is C15H16BrNO2. The van der Waals surface area contributed by atoms with Gasteiger partial charge in [0.25, 0.3) is 0 Å². The lowest BCUT2D eigenvalue weighted by Crippen LogP contribution is -2.18. The number of halogens is 1. The van der Waals surface area contributed by atoms with Gasteiger partial charge in [-0.05, 0) is 30.7 Å². The zero-order valence-corrected chi connectivity index (χ0v) is 12.2.